The lowest BCUT2D eigenvalue weighted by atomic mass is 9.95. The van der Waals surface area contributed by atoms with Crippen LogP contribution in [0.1, 0.15) is 19.3 Å². The number of nitrogens with one attached hydrogen (secondary N) is 1. The number of nitrogens with zero attached hydrogens (tertiary/aromatic N) is 2. The number of aliphatic carboxylic acids is 1. The van der Waals surface area contributed by atoms with Gasteiger partial charge in [0.1, 0.15) is 5.51 Å². The third-order valence-electron chi connectivity index (χ3n) is 2.76. The van der Waals surface area contributed by atoms with Crippen LogP contribution >= 0.6 is 11.3 Å². The number of carbonyl (C=O) groups excluding carboxylic acids is 1. The number of aromatic nitrogens is 2. The molecule has 1 saturated carbocycles. The summed E-state index contributed by atoms with van der Waals surface area (Å²) in [5.74, 6) is -2.16. The second-order valence-corrected chi connectivity index (χ2v) is 4.55. The van der Waals surface area contributed by atoms with Gasteiger partial charge in [-0.2, -0.15) is 0 Å². The van der Waals surface area contributed by atoms with Crippen LogP contribution in [0.3, 0.4) is 0 Å². The molecule has 1 amide bonds. The van der Waals surface area contributed by atoms with Crippen LogP contribution in [0.4, 0.5) is 5.13 Å². The summed E-state index contributed by atoms with van der Waals surface area (Å²) in [6, 6.07) is 0. The Labute approximate surface area is 95.7 Å². The van der Waals surface area contributed by atoms with E-state index < -0.39 is 17.8 Å². The highest BCUT2D eigenvalue weighted by atomic mass is 32.1. The Morgan fingerprint density at radius 3 is 2.81 bits per heavy atom. The molecule has 0 unspecified atom stereocenters. The van der Waals surface area contributed by atoms with E-state index in [0.717, 1.165) is 6.42 Å². The third kappa shape index (κ3) is 2.19. The molecule has 0 aromatic carbocycles. The predicted octanol–water partition coefficient (Wildman–Crippen LogP) is 0.977. The quantitative estimate of drug-likeness (QED) is 0.822. The Bertz CT molecular complexity index is 393. The summed E-state index contributed by atoms with van der Waals surface area (Å²) in [6.45, 7) is 0. The second kappa shape index (κ2) is 4.56. The smallest absolute Gasteiger partial charge is 0.307 e. The molecule has 6 nitrogen and oxygen atoms in total. The van der Waals surface area contributed by atoms with Crippen molar-refractivity contribution >= 4 is 28.3 Å². The standard InChI is InChI=1S/C9H11N3O3S/c13-7(11-9-12-10-4-16-9)5-2-1-3-6(5)8(14)15/h4-6H,1-3H2,(H,14,15)(H,11,12,13)/t5-,6+/m1/s1. The van der Waals surface area contributed by atoms with Gasteiger partial charge in [-0.15, -0.1) is 10.2 Å². The SMILES string of the molecule is O=C(O)[C@H]1CCC[C@H]1C(=O)Nc1nncs1. The Morgan fingerprint density at radius 1 is 1.44 bits per heavy atom. The molecule has 1 fully saturated rings. The monoisotopic (exact) mass is 241 g/mol. The molecule has 7 heteroatoms. The highest BCUT2D eigenvalue weighted by Crippen LogP contribution is 2.32. The van der Waals surface area contributed by atoms with Crippen molar-refractivity contribution in [2.24, 2.45) is 11.8 Å². The summed E-state index contributed by atoms with van der Waals surface area (Å²) < 4.78 is 0. The molecular formula is C9H11N3O3S. The van der Waals surface area contributed by atoms with Crippen molar-refractivity contribution in [3.63, 3.8) is 0 Å². The topological polar surface area (TPSA) is 92.2 Å². The molecule has 0 spiro atoms. The number of hydrogen-bond donors (Lipinski definition) is 2. The van der Waals surface area contributed by atoms with Crippen LogP contribution in [0.15, 0.2) is 5.51 Å². The average Bonchev–Trinajstić information content (AvgIpc) is 2.86. The van der Waals surface area contributed by atoms with E-state index in [1.807, 2.05) is 0 Å². The number of carbonyl (C=O) groups is 2. The van der Waals surface area contributed by atoms with Crippen LogP contribution in [0.5, 0.6) is 0 Å². The van der Waals surface area contributed by atoms with Crippen molar-refractivity contribution in [2.75, 3.05) is 5.32 Å². The van der Waals surface area contributed by atoms with E-state index in [9.17, 15) is 9.59 Å². The molecule has 0 aliphatic heterocycles. The number of hydrogen-bond acceptors (Lipinski definition) is 5. The van der Waals surface area contributed by atoms with Crippen molar-refractivity contribution in [2.45, 2.75) is 19.3 Å². The van der Waals surface area contributed by atoms with Crippen molar-refractivity contribution in [3.8, 4) is 0 Å². The van der Waals surface area contributed by atoms with Crippen LogP contribution in [0.2, 0.25) is 0 Å². The predicted molar refractivity (Wildman–Crippen MR) is 57.0 cm³/mol. The van der Waals surface area contributed by atoms with Crippen LogP contribution in [-0.4, -0.2) is 27.2 Å². The number of carboxylic acid groups (broad SMARTS) is 1. The minimum atomic E-state index is -0.894. The Morgan fingerprint density at radius 2 is 2.19 bits per heavy atom. The first-order valence-electron chi connectivity index (χ1n) is 4.98. The van der Waals surface area contributed by atoms with Crippen molar-refractivity contribution in [1.29, 1.82) is 0 Å². The van der Waals surface area contributed by atoms with Gasteiger partial charge in [0.2, 0.25) is 11.0 Å². The number of carboxylic acids is 1. The summed E-state index contributed by atoms with van der Waals surface area (Å²) in [6.07, 6.45) is 1.98. The maximum atomic E-state index is 11.8. The first-order valence-corrected chi connectivity index (χ1v) is 5.86. The highest BCUT2D eigenvalue weighted by Gasteiger charge is 2.37. The summed E-state index contributed by atoms with van der Waals surface area (Å²) in [4.78, 5) is 22.7. The average molecular weight is 241 g/mol. The summed E-state index contributed by atoms with van der Waals surface area (Å²) in [5, 5.41) is 19.2. The first kappa shape index (κ1) is 11.0. The molecule has 2 N–H and O–H groups in total. The minimum Gasteiger partial charge on any atom is -0.481 e. The van der Waals surface area contributed by atoms with E-state index in [1.165, 1.54) is 16.8 Å². The van der Waals surface area contributed by atoms with Gasteiger partial charge in [0.05, 0.1) is 11.8 Å². The van der Waals surface area contributed by atoms with E-state index in [2.05, 4.69) is 15.5 Å². The minimum absolute atomic E-state index is 0.262. The molecule has 0 radical (unpaired) electrons. The summed E-state index contributed by atoms with van der Waals surface area (Å²) in [5.41, 5.74) is 1.51. The zero-order valence-corrected chi connectivity index (χ0v) is 9.24. The highest BCUT2D eigenvalue weighted by molar-refractivity contribution is 7.13. The lowest BCUT2D eigenvalue weighted by Crippen LogP contribution is -2.29. The molecule has 1 aliphatic carbocycles. The molecule has 2 atom stereocenters. The van der Waals surface area contributed by atoms with Crippen molar-refractivity contribution in [1.82, 2.24) is 10.2 Å². The molecule has 1 aliphatic rings. The summed E-state index contributed by atoms with van der Waals surface area (Å²) in [7, 11) is 0. The number of rotatable bonds is 3. The van der Waals surface area contributed by atoms with Gasteiger partial charge < -0.3 is 10.4 Å². The zero-order valence-electron chi connectivity index (χ0n) is 8.42. The van der Waals surface area contributed by atoms with E-state index >= 15 is 0 Å². The fraction of sp³-hybridized carbons (Fsp3) is 0.556. The Hall–Kier alpha value is -1.50. The number of amides is 1. The van der Waals surface area contributed by atoms with Crippen LogP contribution in [0, 0.1) is 11.8 Å². The normalized spacial score (nSPS) is 24.2. The van der Waals surface area contributed by atoms with Gasteiger partial charge >= 0.3 is 5.97 Å². The van der Waals surface area contributed by atoms with E-state index in [-0.39, 0.29) is 5.91 Å². The lowest BCUT2D eigenvalue weighted by Gasteiger charge is -2.13. The van der Waals surface area contributed by atoms with Gasteiger partial charge in [0, 0.05) is 0 Å². The number of anilines is 1. The molecule has 1 aromatic rings. The molecule has 16 heavy (non-hydrogen) atoms. The lowest BCUT2D eigenvalue weighted by molar-refractivity contribution is -0.145. The first-order chi connectivity index (χ1) is 7.68. The van der Waals surface area contributed by atoms with Crippen LogP contribution in [0.25, 0.3) is 0 Å². The fourth-order valence-corrected chi connectivity index (χ4v) is 2.44. The molecule has 1 aromatic heterocycles. The van der Waals surface area contributed by atoms with Gasteiger partial charge in [-0.3, -0.25) is 9.59 Å². The maximum absolute atomic E-state index is 11.8. The van der Waals surface area contributed by atoms with Gasteiger partial charge in [-0.1, -0.05) is 17.8 Å². The Balaban J connectivity index is 2.01. The Kier molecular flexibility index (Phi) is 3.14. The fourth-order valence-electron chi connectivity index (χ4n) is 2.00. The van der Waals surface area contributed by atoms with Crippen molar-refractivity contribution in [3.05, 3.63) is 5.51 Å². The van der Waals surface area contributed by atoms with Gasteiger partial charge in [-0.25, -0.2) is 0 Å². The van der Waals surface area contributed by atoms with Gasteiger partial charge in [0.25, 0.3) is 0 Å². The molecule has 0 bridgehead atoms. The zero-order chi connectivity index (χ0) is 11.5. The van der Waals surface area contributed by atoms with Crippen LogP contribution in [-0.2, 0) is 9.59 Å². The van der Waals surface area contributed by atoms with E-state index in [0.29, 0.717) is 18.0 Å². The maximum Gasteiger partial charge on any atom is 0.307 e. The molecular weight excluding hydrogens is 230 g/mol. The summed E-state index contributed by atoms with van der Waals surface area (Å²) >= 11 is 1.22. The van der Waals surface area contributed by atoms with Gasteiger partial charge in [0.15, 0.2) is 0 Å². The van der Waals surface area contributed by atoms with E-state index in [1.54, 1.807) is 0 Å². The molecule has 1 heterocycles. The van der Waals surface area contributed by atoms with E-state index in [4.69, 9.17) is 5.11 Å². The molecule has 2 rings (SSSR count). The molecule has 86 valence electrons. The largest absolute Gasteiger partial charge is 0.481 e. The van der Waals surface area contributed by atoms with Crippen LogP contribution < -0.4 is 5.32 Å². The van der Waals surface area contributed by atoms with Crippen molar-refractivity contribution < 1.29 is 14.7 Å². The third-order valence-corrected chi connectivity index (χ3v) is 3.37. The second-order valence-electron chi connectivity index (χ2n) is 3.72. The van der Waals surface area contributed by atoms with Gasteiger partial charge in [-0.05, 0) is 12.8 Å². The molecule has 0 saturated heterocycles.